The van der Waals surface area contributed by atoms with Gasteiger partial charge in [-0.05, 0) is 144 Å². The monoisotopic (exact) mass is 872 g/mol. The molecule has 0 spiro atoms. The van der Waals surface area contributed by atoms with Crippen LogP contribution in [0.5, 0.6) is 0 Å². The molecule has 67 heavy (non-hydrogen) atoms. The molecule has 1 aliphatic heterocycles. The summed E-state index contributed by atoms with van der Waals surface area (Å²) >= 11 is 0. The molecule has 4 aliphatic carbocycles. The number of para-hydroxylation sites is 1. The van der Waals surface area contributed by atoms with Crippen LogP contribution in [-0.4, -0.2) is 12.3 Å². The zero-order valence-corrected chi connectivity index (χ0v) is 41.8. The first-order valence-electron chi connectivity index (χ1n) is 25.2. The Bertz CT molecular complexity index is 3560. The third-order valence-corrected chi connectivity index (χ3v) is 18.3. The van der Waals surface area contributed by atoms with Crippen molar-refractivity contribution in [3.8, 4) is 22.3 Å². The molecule has 7 aromatic carbocycles. The molecule has 2 nitrogen and oxygen atoms in total. The lowest BCUT2D eigenvalue weighted by Gasteiger charge is -2.44. The van der Waals surface area contributed by atoms with Crippen LogP contribution in [0, 0.1) is 0 Å². The number of fused-ring (bicyclic) bond motifs is 13. The first kappa shape index (κ1) is 41.4. The lowest BCUT2D eigenvalue weighted by atomic mass is 9.51. The van der Waals surface area contributed by atoms with Gasteiger partial charge in [-0.1, -0.05) is 179 Å². The van der Waals surface area contributed by atoms with Crippen molar-refractivity contribution in [1.29, 1.82) is 0 Å². The van der Waals surface area contributed by atoms with Gasteiger partial charge in [0, 0.05) is 55.3 Å². The van der Waals surface area contributed by atoms with Crippen LogP contribution in [0.3, 0.4) is 0 Å². The van der Waals surface area contributed by atoms with E-state index >= 15 is 0 Å². The smallest absolute Gasteiger partial charge is 0.193 e. The molecule has 8 aromatic rings. The highest BCUT2D eigenvalue weighted by Crippen LogP contribution is 2.60. The molecule has 3 heteroatoms. The first-order valence-corrected chi connectivity index (χ1v) is 25.2. The molecule has 0 saturated carbocycles. The van der Waals surface area contributed by atoms with Gasteiger partial charge in [0.1, 0.15) is 0 Å². The van der Waals surface area contributed by atoms with Crippen LogP contribution >= 0.6 is 0 Å². The molecule has 0 atom stereocenters. The Morgan fingerprint density at radius 3 is 1.85 bits per heavy atom. The van der Waals surface area contributed by atoms with E-state index < -0.39 is 0 Å². The molecule has 0 saturated heterocycles. The van der Waals surface area contributed by atoms with Gasteiger partial charge in [-0.2, -0.15) is 0 Å². The van der Waals surface area contributed by atoms with Gasteiger partial charge >= 0.3 is 0 Å². The Balaban J connectivity index is 1.17. The standard InChI is InChI=1S/C64H64BN2/c1-59(2)28-29-60(3,4)47-32-37(25-26-45(47)59)67-51-34-42-39-20-15-16-23-44(39)63(9,10)54(42)53(41-22-17-21-40-52-38-19-14-13-18-36(38)24-27-50(52)66-56(40)41)55(51)65-58-57(67)43-33-48-49(35-46(43)64(58,11)12)62(7,8)31-30-61(48,5)6/h13-27,32-35,66H,28-31H2,1-12H3. The molecular weight excluding hydrogens is 808 g/mol. The summed E-state index contributed by atoms with van der Waals surface area (Å²) in [7, 11) is 2.66. The Hall–Kier alpha value is -5.80. The second-order valence-corrected chi connectivity index (χ2v) is 24.9. The van der Waals surface area contributed by atoms with E-state index in [0.29, 0.717) is 0 Å². The first-order chi connectivity index (χ1) is 31.7. The van der Waals surface area contributed by atoms with E-state index in [1.807, 2.05) is 0 Å². The molecule has 0 amide bonds. The minimum atomic E-state index is -0.246. The van der Waals surface area contributed by atoms with Crippen LogP contribution in [0.15, 0.2) is 121 Å². The average molecular weight is 872 g/mol. The fourth-order valence-electron chi connectivity index (χ4n) is 14.1. The zero-order valence-electron chi connectivity index (χ0n) is 41.8. The lowest BCUT2D eigenvalue weighted by molar-refractivity contribution is 0.331. The summed E-state index contributed by atoms with van der Waals surface area (Å²) in [6, 6.07) is 45.3. The highest BCUT2D eigenvalue weighted by molar-refractivity contribution is 6.68. The molecule has 1 radical (unpaired) electrons. The van der Waals surface area contributed by atoms with Crippen LogP contribution in [-0.2, 0) is 32.5 Å². The maximum atomic E-state index is 4.06. The number of hydrogen-bond donors (Lipinski definition) is 1. The summed E-state index contributed by atoms with van der Waals surface area (Å²) in [6.07, 6.45) is 4.76. The van der Waals surface area contributed by atoms with Crippen molar-refractivity contribution < 1.29 is 0 Å². The maximum Gasteiger partial charge on any atom is 0.193 e. The summed E-state index contributed by atoms with van der Waals surface area (Å²) in [5.41, 5.74) is 25.9. The quantitative estimate of drug-likeness (QED) is 0.172. The average Bonchev–Trinajstić information content (AvgIpc) is 3.87. The summed E-state index contributed by atoms with van der Waals surface area (Å²) < 4.78 is 0. The number of rotatable bonds is 2. The molecule has 2 heterocycles. The Kier molecular flexibility index (Phi) is 8.06. The van der Waals surface area contributed by atoms with Crippen LogP contribution in [0.2, 0.25) is 0 Å². The number of aromatic nitrogens is 1. The minimum Gasteiger partial charge on any atom is -0.354 e. The summed E-state index contributed by atoms with van der Waals surface area (Å²) in [5.74, 6) is 0. The predicted molar refractivity (Wildman–Crippen MR) is 287 cm³/mol. The maximum absolute atomic E-state index is 4.06. The molecule has 1 N–H and O–H groups in total. The number of hydrogen-bond acceptors (Lipinski definition) is 1. The number of anilines is 2. The van der Waals surface area contributed by atoms with E-state index in [1.54, 1.807) is 0 Å². The van der Waals surface area contributed by atoms with Gasteiger partial charge in [-0.15, -0.1) is 0 Å². The normalized spacial score (nSPS) is 20.4. The van der Waals surface area contributed by atoms with Crippen LogP contribution in [0.25, 0.3) is 60.5 Å². The van der Waals surface area contributed by atoms with Crippen molar-refractivity contribution in [2.75, 3.05) is 4.90 Å². The van der Waals surface area contributed by atoms with Crippen molar-refractivity contribution in [3.63, 3.8) is 0 Å². The Morgan fingerprint density at radius 1 is 0.478 bits per heavy atom. The van der Waals surface area contributed by atoms with E-state index in [4.69, 9.17) is 0 Å². The van der Waals surface area contributed by atoms with E-state index in [2.05, 4.69) is 216 Å². The molecule has 0 bridgehead atoms. The number of H-pyrrole nitrogens is 1. The summed E-state index contributed by atoms with van der Waals surface area (Å²) in [5, 5.41) is 5.14. The Labute approximate surface area is 399 Å². The third kappa shape index (κ3) is 5.41. The molecule has 0 fully saturated rings. The number of nitrogens with zero attached hydrogens (tertiary/aromatic N) is 1. The molecular formula is C64H64BN2. The van der Waals surface area contributed by atoms with Crippen molar-refractivity contribution in [2.24, 2.45) is 0 Å². The van der Waals surface area contributed by atoms with Crippen LogP contribution in [0.4, 0.5) is 11.4 Å². The van der Waals surface area contributed by atoms with Gasteiger partial charge in [0.15, 0.2) is 7.28 Å². The summed E-state index contributed by atoms with van der Waals surface area (Å²) in [6.45, 7) is 29.7. The molecule has 1 aromatic heterocycles. The lowest BCUT2D eigenvalue weighted by Crippen LogP contribution is -2.39. The number of allylic oxidation sites excluding steroid dienone is 1. The fourth-order valence-corrected chi connectivity index (χ4v) is 14.1. The molecule has 0 unspecified atom stereocenters. The van der Waals surface area contributed by atoms with Gasteiger partial charge in [0.2, 0.25) is 0 Å². The van der Waals surface area contributed by atoms with Crippen molar-refractivity contribution in [2.45, 2.75) is 141 Å². The van der Waals surface area contributed by atoms with Crippen molar-refractivity contribution in [1.82, 2.24) is 4.98 Å². The molecule has 13 rings (SSSR count). The highest BCUT2D eigenvalue weighted by Gasteiger charge is 2.50. The predicted octanol–water partition coefficient (Wildman–Crippen LogP) is 16.3. The number of nitrogens with one attached hydrogen (secondary N) is 1. The topological polar surface area (TPSA) is 19.0 Å². The fraction of sp³-hybridized carbons (Fsp3) is 0.344. The van der Waals surface area contributed by atoms with E-state index in [-0.39, 0.29) is 32.5 Å². The van der Waals surface area contributed by atoms with Gasteiger partial charge < -0.3 is 9.88 Å². The number of benzene rings is 7. The Morgan fingerprint density at radius 2 is 1.10 bits per heavy atom. The SMILES string of the molecule is CC1(C)CCC(C)(C)c2cc(N3C4=C([B]c5c3cc3c(c5-c5cccc6c5[nH]c5ccc7ccccc7c56)C(C)(C)c5ccccc5-3)C(C)(C)c3cc5c(cc34)C(C)(C)CCC5(C)C)ccc21. The van der Waals surface area contributed by atoms with E-state index in [9.17, 15) is 0 Å². The zero-order chi connectivity index (χ0) is 46.5. The highest BCUT2D eigenvalue weighted by atomic mass is 15.2. The van der Waals surface area contributed by atoms with Gasteiger partial charge in [-0.25, -0.2) is 0 Å². The van der Waals surface area contributed by atoms with Crippen molar-refractivity contribution >= 4 is 62.4 Å². The van der Waals surface area contributed by atoms with E-state index in [1.165, 1.54) is 153 Å². The van der Waals surface area contributed by atoms with Gasteiger partial charge in [0.05, 0.1) is 5.52 Å². The second-order valence-electron chi connectivity index (χ2n) is 24.9. The van der Waals surface area contributed by atoms with Crippen LogP contribution in [0.1, 0.15) is 153 Å². The third-order valence-electron chi connectivity index (χ3n) is 18.3. The van der Waals surface area contributed by atoms with Crippen LogP contribution < -0.4 is 10.4 Å². The molecule has 333 valence electrons. The molecule has 5 aliphatic rings. The second kappa shape index (κ2) is 13.0. The van der Waals surface area contributed by atoms with E-state index in [0.717, 1.165) is 0 Å². The van der Waals surface area contributed by atoms with Crippen molar-refractivity contribution in [3.05, 3.63) is 165 Å². The minimum absolute atomic E-state index is 0.0614. The summed E-state index contributed by atoms with van der Waals surface area (Å²) in [4.78, 5) is 6.81. The van der Waals surface area contributed by atoms with Gasteiger partial charge in [0.25, 0.3) is 0 Å². The largest absolute Gasteiger partial charge is 0.354 e. The van der Waals surface area contributed by atoms with Gasteiger partial charge in [-0.3, -0.25) is 0 Å². The number of aromatic amines is 1.